The summed E-state index contributed by atoms with van der Waals surface area (Å²) < 4.78 is 0. The van der Waals surface area contributed by atoms with Gasteiger partial charge in [0, 0.05) is 0 Å². The fourth-order valence-electron chi connectivity index (χ4n) is 0. The summed E-state index contributed by atoms with van der Waals surface area (Å²) in [5.74, 6) is 0. The van der Waals surface area contributed by atoms with Gasteiger partial charge in [-0.2, -0.15) is 9.90 Å². The lowest BCUT2D eigenvalue weighted by atomic mass is 10.5. The monoisotopic (exact) mass is 109 g/mol. The van der Waals surface area contributed by atoms with Crippen LogP contribution in [0, 0.1) is 0 Å². The minimum atomic E-state index is 0. The molecule has 0 amide bonds. The molecule has 39 valence electrons. The first-order valence-corrected chi connectivity index (χ1v) is 1.52. The molecule has 0 saturated carbocycles. The van der Waals surface area contributed by atoms with Gasteiger partial charge in [0.25, 0.3) is 0 Å². The highest BCUT2D eigenvalue weighted by molar-refractivity contribution is 6.92. The molecule has 0 saturated heterocycles. The van der Waals surface area contributed by atoms with Gasteiger partial charge in [-0.1, -0.05) is 13.8 Å². The Bertz CT molecular complexity index is 11.5. The average Bonchev–Trinajstić information content (AvgIpc) is 1.46. The van der Waals surface area contributed by atoms with Gasteiger partial charge < -0.3 is 10.0 Å². The van der Waals surface area contributed by atoms with Crippen LogP contribution < -0.4 is 0 Å². The Labute approximate surface area is 42.5 Å². The molecule has 0 heterocycles. The van der Waals surface area contributed by atoms with E-state index in [0.29, 0.717) is 0 Å². The van der Waals surface area contributed by atoms with E-state index < -0.39 is 0 Å². The van der Waals surface area contributed by atoms with Crippen molar-refractivity contribution in [3.63, 3.8) is 0 Å². The zero-order valence-electron chi connectivity index (χ0n) is 4.18. The molecule has 0 aliphatic carbocycles. The first kappa shape index (κ1) is 16.1. The van der Waals surface area contributed by atoms with E-state index in [1.165, 1.54) is 0 Å². The number of rotatable bonds is 0. The Balaban J connectivity index is -0.0000000275. The summed E-state index contributed by atoms with van der Waals surface area (Å²) in [7, 11) is 0. The summed E-state index contributed by atoms with van der Waals surface area (Å²) in [4.78, 5) is 0. The standard InChI is InChI=1S/C2H6.BH2O2.H3P/c1-2;2-1-3;/h1-2H3;2-3H;1H3. The molecule has 1 atom stereocenters. The van der Waals surface area contributed by atoms with Crippen molar-refractivity contribution in [3.8, 4) is 0 Å². The molecule has 0 fully saturated rings. The zero-order chi connectivity index (χ0) is 4.71. The van der Waals surface area contributed by atoms with Crippen LogP contribution >= 0.6 is 9.90 Å². The number of hydrogen-bond donors (Lipinski definition) is 2. The molecule has 1 radical (unpaired) electrons. The van der Waals surface area contributed by atoms with Gasteiger partial charge in [0.05, 0.1) is 0 Å². The lowest BCUT2D eigenvalue weighted by molar-refractivity contribution is 0.448. The fourth-order valence-corrected chi connectivity index (χ4v) is 0. The molecule has 0 aromatic rings. The van der Waals surface area contributed by atoms with Gasteiger partial charge in [0.15, 0.2) is 0 Å². The van der Waals surface area contributed by atoms with Crippen molar-refractivity contribution in [2.75, 3.05) is 0 Å². The van der Waals surface area contributed by atoms with E-state index >= 15 is 0 Å². The summed E-state index contributed by atoms with van der Waals surface area (Å²) in [5.41, 5.74) is 0. The molecular formula is C2H11BO2P. The van der Waals surface area contributed by atoms with Crippen molar-refractivity contribution in [1.29, 1.82) is 0 Å². The van der Waals surface area contributed by atoms with Crippen LogP contribution in [0.4, 0.5) is 0 Å². The maximum atomic E-state index is 7.00. The second-order valence-electron chi connectivity index (χ2n) is 0.115. The van der Waals surface area contributed by atoms with Crippen molar-refractivity contribution in [1.82, 2.24) is 0 Å². The van der Waals surface area contributed by atoms with E-state index in [1.807, 2.05) is 13.8 Å². The van der Waals surface area contributed by atoms with Gasteiger partial charge >= 0.3 is 7.69 Å². The Morgan fingerprint density at radius 2 is 1.17 bits per heavy atom. The second-order valence-corrected chi connectivity index (χ2v) is 0.115. The van der Waals surface area contributed by atoms with Gasteiger partial charge in [0.1, 0.15) is 0 Å². The first-order valence-electron chi connectivity index (χ1n) is 1.52. The Morgan fingerprint density at radius 3 is 1.17 bits per heavy atom. The summed E-state index contributed by atoms with van der Waals surface area (Å²) in [6.45, 7) is 4.00. The SMILES string of the molecule is CC.O[B]O.P. The molecule has 0 bridgehead atoms. The zero-order valence-corrected chi connectivity index (χ0v) is 5.59. The van der Waals surface area contributed by atoms with Crippen LogP contribution in [0.25, 0.3) is 0 Å². The minimum Gasteiger partial charge on any atom is -0.429 e. The predicted octanol–water partition coefficient (Wildman–Crippen LogP) is -0.411. The largest absolute Gasteiger partial charge is 0.482 e. The van der Waals surface area contributed by atoms with E-state index in [9.17, 15) is 0 Å². The van der Waals surface area contributed by atoms with E-state index in [0.717, 1.165) is 0 Å². The molecule has 2 nitrogen and oxygen atoms in total. The maximum absolute atomic E-state index is 7.00. The van der Waals surface area contributed by atoms with Crippen molar-refractivity contribution in [2.45, 2.75) is 13.8 Å². The molecule has 0 aliphatic rings. The molecule has 0 aromatic heterocycles. The van der Waals surface area contributed by atoms with Crippen LogP contribution in [0.1, 0.15) is 13.8 Å². The van der Waals surface area contributed by atoms with Crippen LogP contribution in [0.15, 0.2) is 0 Å². The smallest absolute Gasteiger partial charge is 0.429 e. The fraction of sp³-hybridized carbons (Fsp3) is 1.00. The van der Waals surface area contributed by atoms with E-state index in [1.54, 1.807) is 0 Å². The molecule has 0 spiro atoms. The summed E-state index contributed by atoms with van der Waals surface area (Å²) in [5, 5.41) is 14.0. The molecule has 2 N–H and O–H groups in total. The molecule has 1 unspecified atom stereocenters. The third-order valence-corrected chi connectivity index (χ3v) is 0. The summed E-state index contributed by atoms with van der Waals surface area (Å²) in [6.07, 6.45) is 0. The molecule has 0 rings (SSSR count). The second kappa shape index (κ2) is 52.7. The van der Waals surface area contributed by atoms with Gasteiger partial charge in [0.2, 0.25) is 0 Å². The van der Waals surface area contributed by atoms with Crippen molar-refractivity contribution in [3.05, 3.63) is 0 Å². The van der Waals surface area contributed by atoms with Crippen molar-refractivity contribution < 1.29 is 10.0 Å². The van der Waals surface area contributed by atoms with Gasteiger partial charge in [-0.15, -0.1) is 0 Å². The Hall–Kier alpha value is 0.415. The van der Waals surface area contributed by atoms with E-state index in [2.05, 4.69) is 0 Å². The van der Waals surface area contributed by atoms with Gasteiger partial charge in [-0.05, 0) is 0 Å². The van der Waals surface area contributed by atoms with Gasteiger partial charge in [-0.25, -0.2) is 0 Å². The predicted molar refractivity (Wildman–Crippen MR) is 32.6 cm³/mol. The molecule has 0 aliphatic heterocycles. The quantitative estimate of drug-likeness (QED) is 0.328. The van der Waals surface area contributed by atoms with Crippen LogP contribution in [-0.2, 0) is 0 Å². The average molecular weight is 109 g/mol. The summed E-state index contributed by atoms with van der Waals surface area (Å²) >= 11 is 0. The lowest BCUT2D eigenvalue weighted by Gasteiger charge is -1.46. The topological polar surface area (TPSA) is 40.5 Å². The molecular weight excluding hydrogens is 97.8 g/mol. The minimum absolute atomic E-state index is 0. The van der Waals surface area contributed by atoms with Crippen LogP contribution in [-0.4, -0.2) is 17.7 Å². The van der Waals surface area contributed by atoms with E-state index in [4.69, 9.17) is 10.0 Å². The van der Waals surface area contributed by atoms with Crippen molar-refractivity contribution in [2.24, 2.45) is 0 Å². The molecule has 6 heavy (non-hydrogen) atoms. The third-order valence-electron chi connectivity index (χ3n) is 0. The normalized spacial score (nSPS) is 3.33. The highest BCUT2D eigenvalue weighted by atomic mass is 31.0. The van der Waals surface area contributed by atoms with Crippen molar-refractivity contribution >= 4 is 17.6 Å². The highest BCUT2D eigenvalue weighted by Crippen LogP contribution is 1.14. The summed E-state index contributed by atoms with van der Waals surface area (Å²) in [6, 6.07) is 0. The Morgan fingerprint density at radius 1 is 1.17 bits per heavy atom. The lowest BCUT2D eigenvalue weighted by Crippen LogP contribution is -1.75. The first-order chi connectivity index (χ1) is 2.41. The van der Waals surface area contributed by atoms with E-state index in [-0.39, 0.29) is 17.6 Å². The number of hydrogen-bond acceptors (Lipinski definition) is 2. The third kappa shape index (κ3) is 299. The molecule has 4 heteroatoms. The van der Waals surface area contributed by atoms with Gasteiger partial charge in [-0.3, -0.25) is 0 Å². The van der Waals surface area contributed by atoms with Crippen LogP contribution in [0.5, 0.6) is 0 Å². The highest BCUT2D eigenvalue weighted by Gasteiger charge is 1.51. The Kier molecular flexibility index (Phi) is 142. The molecule has 0 aromatic carbocycles. The van der Waals surface area contributed by atoms with Crippen LogP contribution in [0.3, 0.4) is 0 Å². The van der Waals surface area contributed by atoms with Crippen LogP contribution in [0.2, 0.25) is 0 Å². The maximum Gasteiger partial charge on any atom is 0.482 e.